The molecule has 3 N–H and O–H groups in total. The van der Waals surface area contributed by atoms with Crippen molar-refractivity contribution in [1.29, 1.82) is 0 Å². The lowest BCUT2D eigenvalue weighted by molar-refractivity contribution is 0.255. The summed E-state index contributed by atoms with van der Waals surface area (Å²) in [5.41, 5.74) is 9.47. The van der Waals surface area contributed by atoms with Crippen LogP contribution in [0.15, 0.2) is 23.3 Å². The Labute approximate surface area is 138 Å². The summed E-state index contributed by atoms with van der Waals surface area (Å²) < 4.78 is 13.5. The number of nitrogens with two attached hydrogens (primary N) is 1. The first-order chi connectivity index (χ1) is 10.6. The average Bonchev–Trinajstić information content (AvgIpc) is 2.53. The van der Waals surface area contributed by atoms with Crippen LogP contribution in [0, 0.1) is 11.8 Å². The van der Waals surface area contributed by atoms with Gasteiger partial charge in [-0.15, -0.1) is 11.8 Å². The van der Waals surface area contributed by atoms with Gasteiger partial charge in [-0.1, -0.05) is 24.6 Å². The lowest BCUT2D eigenvalue weighted by Gasteiger charge is -2.40. The van der Waals surface area contributed by atoms with E-state index in [1.54, 1.807) is 11.6 Å². The minimum atomic E-state index is -0.750. The number of halogens is 1. The van der Waals surface area contributed by atoms with Crippen LogP contribution in [-0.4, -0.2) is 29.4 Å². The first kappa shape index (κ1) is 16.5. The van der Waals surface area contributed by atoms with Gasteiger partial charge < -0.3 is 5.73 Å². The molecular weight excluding hydrogens is 295 g/mol. The molecule has 1 heterocycles. The van der Waals surface area contributed by atoms with Gasteiger partial charge in [0, 0.05) is 17.8 Å². The van der Waals surface area contributed by atoms with Crippen LogP contribution in [-0.2, 0) is 0 Å². The van der Waals surface area contributed by atoms with Crippen molar-refractivity contribution < 1.29 is 4.39 Å². The van der Waals surface area contributed by atoms with Gasteiger partial charge in [-0.25, -0.2) is 4.39 Å². The Hall–Kier alpha value is -0.320. The predicted octanol–water partition coefficient (Wildman–Crippen LogP) is 3.79. The average molecular weight is 325 g/mol. The molecular formula is C18H29FN2S. The molecule has 0 fully saturated rings. The first-order valence-corrected chi connectivity index (χ1v) is 9.78. The molecule has 2 nitrogen and oxygen atoms in total. The fourth-order valence-corrected chi connectivity index (χ4v) is 5.48. The molecule has 3 aliphatic rings. The van der Waals surface area contributed by atoms with Crippen molar-refractivity contribution in [2.75, 3.05) is 5.75 Å². The normalized spacial score (nSPS) is 42.4. The van der Waals surface area contributed by atoms with Crippen LogP contribution in [0.2, 0.25) is 0 Å². The highest BCUT2D eigenvalue weighted by Gasteiger charge is 2.34. The fourth-order valence-electron chi connectivity index (χ4n) is 4.01. The van der Waals surface area contributed by atoms with Gasteiger partial charge >= 0.3 is 0 Å². The van der Waals surface area contributed by atoms with E-state index in [-0.39, 0.29) is 12.0 Å². The van der Waals surface area contributed by atoms with Gasteiger partial charge in [-0.3, -0.25) is 5.32 Å². The maximum atomic E-state index is 13.5. The second kappa shape index (κ2) is 7.06. The molecule has 22 heavy (non-hydrogen) atoms. The zero-order valence-corrected chi connectivity index (χ0v) is 14.5. The van der Waals surface area contributed by atoms with E-state index in [1.807, 2.05) is 18.7 Å². The lowest BCUT2D eigenvalue weighted by atomic mass is 9.82. The van der Waals surface area contributed by atoms with Crippen molar-refractivity contribution in [2.24, 2.45) is 17.6 Å². The van der Waals surface area contributed by atoms with E-state index in [2.05, 4.69) is 18.3 Å². The van der Waals surface area contributed by atoms with Gasteiger partial charge in [0.05, 0.1) is 5.37 Å². The van der Waals surface area contributed by atoms with Crippen LogP contribution >= 0.6 is 11.8 Å². The minimum Gasteiger partial charge on any atom is -0.323 e. The summed E-state index contributed by atoms with van der Waals surface area (Å²) in [7, 11) is 0. The molecule has 1 aliphatic heterocycles. The molecule has 6 atom stereocenters. The van der Waals surface area contributed by atoms with Crippen molar-refractivity contribution in [3.05, 3.63) is 23.3 Å². The molecule has 2 aliphatic carbocycles. The molecule has 0 aromatic rings. The molecule has 5 unspecified atom stereocenters. The number of nitrogens with one attached hydrogen (secondary N) is 1. The third-order valence-corrected chi connectivity index (χ3v) is 6.86. The summed E-state index contributed by atoms with van der Waals surface area (Å²) in [6, 6.07) is 0.541. The van der Waals surface area contributed by atoms with Crippen LogP contribution in [0.1, 0.15) is 46.0 Å². The SMILES string of the molecule is CC1CC(CSC2NC(C)[C@H](N)C3=C2CCCC3)C=CC1F. The highest BCUT2D eigenvalue weighted by atomic mass is 32.2. The van der Waals surface area contributed by atoms with Gasteiger partial charge in [-0.2, -0.15) is 0 Å². The maximum Gasteiger partial charge on any atom is 0.121 e. The van der Waals surface area contributed by atoms with Gasteiger partial charge in [0.1, 0.15) is 6.17 Å². The van der Waals surface area contributed by atoms with E-state index < -0.39 is 6.17 Å². The molecule has 0 bridgehead atoms. The number of thioether (sulfide) groups is 1. The Morgan fingerprint density at radius 3 is 2.68 bits per heavy atom. The molecule has 0 saturated heterocycles. The molecule has 0 amide bonds. The Bertz CT molecular complexity index is 462. The second-order valence-corrected chi connectivity index (χ2v) is 8.39. The Morgan fingerprint density at radius 2 is 1.95 bits per heavy atom. The molecule has 0 aromatic carbocycles. The number of rotatable bonds is 3. The zero-order chi connectivity index (χ0) is 15.7. The van der Waals surface area contributed by atoms with E-state index in [4.69, 9.17) is 5.73 Å². The van der Waals surface area contributed by atoms with Gasteiger partial charge in [0.2, 0.25) is 0 Å². The molecule has 0 radical (unpaired) electrons. The van der Waals surface area contributed by atoms with Crippen molar-refractivity contribution >= 4 is 11.8 Å². The van der Waals surface area contributed by atoms with Crippen LogP contribution in [0.4, 0.5) is 4.39 Å². The molecule has 4 heteroatoms. The smallest absolute Gasteiger partial charge is 0.121 e. The zero-order valence-electron chi connectivity index (χ0n) is 13.7. The van der Waals surface area contributed by atoms with E-state index >= 15 is 0 Å². The van der Waals surface area contributed by atoms with Gasteiger partial charge in [0.25, 0.3) is 0 Å². The Morgan fingerprint density at radius 1 is 1.23 bits per heavy atom. The quantitative estimate of drug-likeness (QED) is 0.776. The van der Waals surface area contributed by atoms with Crippen molar-refractivity contribution in [1.82, 2.24) is 5.32 Å². The number of hydrogen-bond acceptors (Lipinski definition) is 3. The monoisotopic (exact) mass is 324 g/mol. The summed E-state index contributed by atoms with van der Waals surface area (Å²) in [4.78, 5) is 0. The lowest BCUT2D eigenvalue weighted by Crippen LogP contribution is -2.53. The molecule has 124 valence electrons. The number of alkyl halides is 1. The number of hydrogen-bond donors (Lipinski definition) is 2. The van der Waals surface area contributed by atoms with E-state index in [0.717, 1.165) is 12.2 Å². The van der Waals surface area contributed by atoms with E-state index in [0.29, 0.717) is 17.3 Å². The molecule has 0 aromatic heterocycles. The summed E-state index contributed by atoms with van der Waals surface area (Å²) in [5, 5.41) is 4.12. The third-order valence-electron chi connectivity index (χ3n) is 5.49. The summed E-state index contributed by atoms with van der Waals surface area (Å²) in [6.07, 6.45) is 9.04. The molecule has 0 spiro atoms. The topological polar surface area (TPSA) is 38.0 Å². The Balaban J connectivity index is 1.64. The summed E-state index contributed by atoms with van der Waals surface area (Å²) >= 11 is 2.00. The third kappa shape index (κ3) is 3.44. The first-order valence-electron chi connectivity index (χ1n) is 8.73. The highest BCUT2D eigenvalue weighted by Crippen LogP contribution is 2.38. The van der Waals surface area contributed by atoms with Crippen LogP contribution in [0.5, 0.6) is 0 Å². The predicted molar refractivity (Wildman–Crippen MR) is 93.6 cm³/mol. The molecule has 0 saturated carbocycles. The Kier molecular flexibility index (Phi) is 5.31. The largest absolute Gasteiger partial charge is 0.323 e. The highest BCUT2D eigenvalue weighted by molar-refractivity contribution is 8.00. The number of allylic oxidation sites excluding steroid dienone is 2. The van der Waals surface area contributed by atoms with Crippen LogP contribution in [0.25, 0.3) is 0 Å². The minimum absolute atomic E-state index is 0.159. The second-order valence-electron chi connectivity index (χ2n) is 7.25. The standard InChI is InChI=1S/C18H29FN2S/c1-11-9-13(7-8-16(11)19)10-22-18-15-6-4-3-5-14(15)17(20)12(2)21-18/h7-8,11-13,16-18,21H,3-6,9-10,20H2,1-2H3/t11?,12?,13?,16?,17-,18?/m0/s1. The van der Waals surface area contributed by atoms with Crippen molar-refractivity contribution in [3.8, 4) is 0 Å². The van der Waals surface area contributed by atoms with E-state index in [1.165, 1.54) is 31.3 Å². The maximum absolute atomic E-state index is 13.5. The van der Waals surface area contributed by atoms with Gasteiger partial charge in [0.15, 0.2) is 0 Å². The summed E-state index contributed by atoms with van der Waals surface area (Å²) in [5.74, 6) is 1.74. The van der Waals surface area contributed by atoms with Gasteiger partial charge in [-0.05, 0) is 56.4 Å². The summed E-state index contributed by atoms with van der Waals surface area (Å²) in [6.45, 7) is 4.22. The van der Waals surface area contributed by atoms with E-state index in [9.17, 15) is 4.39 Å². The van der Waals surface area contributed by atoms with Crippen molar-refractivity contribution in [3.63, 3.8) is 0 Å². The van der Waals surface area contributed by atoms with Crippen LogP contribution < -0.4 is 11.1 Å². The molecule has 3 rings (SSSR count). The van der Waals surface area contributed by atoms with Crippen molar-refractivity contribution in [2.45, 2.75) is 69.6 Å². The van der Waals surface area contributed by atoms with Crippen LogP contribution in [0.3, 0.4) is 0 Å². The fraction of sp³-hybridized carbons (Fsp3) is 0.778.